The van der Waals surface area contributed by atoms with Crippen LogP contribution in [-0.2, 0) is 65.4 Å². The molecule has 0 radical (unpaired) electrons. The molecule has 3 N–H and O–H groups in total. The second-order valence-corrected chi connectivity index (χ2v) is 29.5. The highest BCUT2D eigenvalue weighted by Gasteiger charge is 2.30. The number of esters is 4. The van der Waals surface area contributed by atoms with E-state index in [1.54, 1.807) is 0 Å². The summed E-state index contributed by atoms with van der Waals surface area (Å²) >= 11 is 0. The van der Waals surface area contributed by atoms with Gasteiger partial charge in [-0.05, 0) is 154 Å². The third kappa shape index (κ3) is 75.4. The van der Waals surface area contributed by atoms with E-state index in [0.717, 1.165) is 205 Å². The lowest BCUT2D eigenvalue weighted by Crippen LogP contribution is -2.30. The Kier molecular flexibility index (Phi) is 72.9. The maximum absolute atomic E-state index is 13.1. The fraction of sp³-hybridized carbons (Fsp3) is 0.694. The number of hydrogen-bond donors (Lipinski definition) is 3. The Bertz CT molecular complexity index is 2490. The summed E-state index contributed by atoms with van der Waals surface area (Å²) in [6, 6.07) is 0. The van der Waals surface area contributed by atoms with Crippen LogP contribution in [0.15, 0.2) is 134 Å². The molecule has 0 spiro atoms. The lowest BCUT2D eigenvalue weighted by molar-refractivity contribution is -0.161. The highest BCUT2D eigenvalue weighted by molar-refractivity contribution is 7.47. The topological polar surface area (TPSA) is 237 Å². The van der Waals surface area contributed by atoms with E-state index in [4.69, 9.17) is 37.0 Å². The molecule has 0 aromatic carbocycles. The molecule has 0 aliphatic carbocycles. The number of aliphatic hydroxyl groups excluding tert-OH is 1. The first-order valence-corrected chi connectivity index (χ1v) is 43.4. The van der Waals surface area contributed by atoms with Crippen molar-refractivity contribution in [1.29, 1.82) is 0 Å². The Hall–Kier alpha value is -4.80. The molecule has 0 saturated heterocycles. The summed E-state index contributed by atoms with van der Waals surface area (Å²) in [5.41, 5.74) is 0. The second-order valence-electron chi connectivity index (χ2n) is 26.6. The van der Waals surface area contributed by atoms with Crippen LogP contribution in [0.25, 0.3) is 0 Å². The van der Waals surface area contributed by atoms with E-state index in [9.17, 15) is 43.2 Å². The normalized spacial score (nSPS) is 14.6. The number of carbonyl (C=O) groups excluding carboxylic acids is 4. The second kappa shape index (κ2) is 76.4. The third-order valence-electron chi connectivity index (χ3n) is 16.6. The zero-order chi connectivity index (χ0) is 76.0. The van der Waals surface area contributed by atoms with Gasteiger partial charge in [-0.25, -0.2) is 9.13 Å². The first kappa shape index (κ1) is 99.2. The predicted octanol–water partition coefficient (Wildman–Crippen LogP) is 23.7. The predicted molar refractivity (Wildman–Crippen MR) is 427 cm³/mol. The van der Waals surface area contributed by atoms with Crippen molar-refractivity contribution >= 4 is 39.5 Å². The summed E-state index contributed by atoms with van der Waals surface area (Å²) < 4.78 is 68.6. The average Bonchev–Trinajstić information content (AvgIpc) is 0.937. The van der Waals surface area contributed by atoms with Gasteiger partial charge in [-0.2, -0.15) is 0 Å². The van der Waals surface area contributed by atoms with Crippen molar-refractivity contribution in [2.24, 2.45) is 0 Å². The maximum Gasteiger partial charge on any atom is 0.472 e. The molecule has 0 aromatic rings. The molecule has 596 valence electrons. The SMILES string of the molecule is CC/C=C\C/C=C\C/C=C\C/C=C\CCCCCCC(=O)OCC(COP(=O)(O)OCC(O)COP(=O)(O)OCC(COC(=O)CCCCCCCCC/C=C\C/C=C\C/C=C\CC)OC(=O)CCCCCCC/C=C\CCCCCCCC)OC(=O)CCCCCCC/C=C\C/C=C\C/C=C\CC. The lowest BCUT2D eigenvalue weighted by atomic mass is 10.1. The number of hydrogen-bond acceptors (Lipinski definition) is 15. The fourth-order valence-electron chi connectivity index (χ4n) is 10.5. The van der Waals surface area contributed by atoms with E-state index in [2.05, 4.69) is 161 Å². The Morgan fingerprint density at radius 3 is 0.779 bits per heavy atom. The van der Waals surface area contributed by atoms with Crippen molar-refractivity contribution in [1.82, 2.24) is 0 Å². The van der Waals surface area contributed by atoms with Crippen LogP contribution in [0.5, 0.6) is 0 Å². The molecule has 0 aliphatic heterocycles. The summed E-state index contributed by atoms with van der Waals surface area (Å²) in [5.74, 6) is -2.24. The van der Waals surface area contributed by atoms with Gasteiger partial charge < -0.3 is 33.8 Å². The minimum atomic E-state index is -4.99. The fourth-order valence-corrected chi connectivity index (χ4v) is 12.1. The van der Waals surface area contributed by atoms with E-state index < -0.39 is 97.5 Å². The first-order valence-electron chi connectivity index (χ1n) is 40.4. The van der Waals surface area contributed by atoms with Crippen LogP contribution in [-0.4, -0.2) is 96.7 Å². The van der Waals surface area contributed by atoms with Gasteiger partial charge in [0.15, 0.2) is 12.2 Å². The molecule has 0 saturated carbocycles. The van der Waals surface area contributed by atoms with Crippen LogP contribution in [0.1, 0.15) is 323 Å². The van der Waals surface area contributed by atoms with Gasteiger partial charge in [-0.1, -0.05) is 277 Å². The maximum atomic E-state index is 13.1. The standard InChI is InChI=1S/C85H144O17P2/c1-5-9-13-17-21-25-29-33-37-39-43-45-49-53-57-61-65-69-82(87)95-75-80(101-84(89)71-67-63-59-55-51-47-41-35-31-27-23-19-15-11-7-3)77-99-103(91,92)97-73-79(86)74-98-104(93,94)100-78-81(102-85(90)72-68-64-60-56-52-48-42-36-32-28-24-20-16-12-8-4)76-96-83(88)70-66-62-58-54-50-46-44-40-38-34-30-26-22-18-14-10-6-2/h9-11,13-15,21-23,25-27,33-38,41-43,45,79-81,86H,5-8,12,16-20,24,28-32,39-40,44,46-78H2,1-4H3,(H,91,92)(H,93,94)/b13-9-,14-10-,15-11-,25-21-,26-22-,27-23-,37-33-,38-34-,41-35-,42-36-,45-43-. The zero-order valence-electron chi connectivity index (χ0n) is 65.2. The van der Waals surface area contributed by atoms with E-state index in [-0.39, 0.29) is 25.7 Å². The molecule has 104 heavy (non-hydrogen) atoms. The first-order chi connectivity index (χ1) is 50.7. The molecule has 0 heterocycles. The van der Waals surface area contributed by atoms with Gasteiger partial charge >= 0.3 is 39.5 Å². The molecule has 0 aliphatic rings. The van der Waals surface area contributed by atoms with Crippen molar-refractivity contribution < 1.29 is 80.2 Å². The van der Waals surface area contributed by atoms with Gasteiger partial charge in [0.1, 0.15) is 19.3 Å². The molecule has 5 unspecified atom stereocenters. The third-order valence-corrected chi connectivity index (χ3v) is 18.5. The largest absolute Gasteiger partial charge is 0.472 e. The van der Waals surface area contributed by atoms with Gasteiger partial charge in [0.05, 0.1) is 26.4 Å². The lowest BCUT2D eigenvalue weighted by Gasteiger charge is -2.21. The number of phosphoric acid groups is 2. The summed E-state index contributed by atoms with van der Waals surface area (Å²) in [5, 5.41) is 10.6. The summed E-state index contributed by atoms with van der Waals surface area (Å²) in [6.07, 6.45) is 85.6. The number of ether oxygens (including phenoxy) is 4. The van der Waals surface area contributed by atoms with Crippen molar-refractivity contribution in [3.05, 3.63) is 134 Å². The average molecular weight is 1500 g/mol. The van der Waals surface area contributed by atoms with Crippen LogP contribution in [0, 0.1) is 0 Å². The number of unbranched alkanes of at least 4 members (excludes halogenated alkanes) is 27. The Morgan fingerprint density at radius 2 is 0.500 bits per heavy atom. The molecule has 19 heteroatoms. The van der Waals surface area contributed by atoms with Crippen LogP contribution in [0.4, 0.5) is 0 Å². The van der Waals surface area contributed by atoms with E-state index in [0.29, 0.717) is 25.7 Å². The number of aliphatic hydroxyl groups is 1. The van der Waals surface area contributed by atoms with E-state index >= 15 is 0 Å². The van der Waals surface area contributed by atoms with Crippen LogP contribution >= 0.6 is 15.6 Å². The molecular formula is C85H144O17P2. The Morgan fingerprint density at radius 1 is 0.279 bits per heavy atom. The molecule has 0 amide bonds. The summed E-state index contributed by atoms with van der Waals surface area (Å²) in [7, 11) is -9.98. The number of rotatable bonds is 75. The van der Waals surface area contributed by atoms with Crippen LogP contribution < -0.4 is 0 Å². The van der Waals surface area contributed by atoms with Crippen molar-refractivity contribution in [2.75, 3.05) is 39.6 Å². The van der Waals surface area contributed by atoms with Gasteiger partial charge in [0.25, 0.3) is 0 Å². The summed E-state index contributed by atoms with van der Waals surface area (Å²) in [6.45, 7) is 4.49. The number of carbonyl (C=O) groups is 4. The number of phosphoric ester groups is 2. The zero-order valence-corrected chi connectivity index (χ0v) is 66.9. The molecule has 5 atom stereocenters. The van der Waals surface area contributed by atoms with Crippen molar-refractivity contribution in [3.63, 3.8) is 0 Å². The van der Waals surface area contributed by atoms with E-state index in [1.165, 1.54) is 38.5 Å². The Balaban J connectivity index is 5.41. The van der Waals surface area contributed by atoms with Gasteiger partial charge in [0, 0.05) is 25.7 Å². The highest BCUT2D eigenvalue weighted by atomic mass is 31.2. The molecule has 0 fully saturated rings. The molecule has 0 bridgehead atoms. The highest BCUT2D eigenvalue weighted by Crippen LogP contribution is 2.45. The Labute approximate surface area is 631 Å². The van der Waals surface area contributed by atoms with Gasteiger partial charge in [-0.3, -0.25) is 37.3 Å². The van der Waals surface area contributed by atoms with Crippen LogP contribution in [0.3, 0.4) is 0 Å². The molecule has 0 rings (SSSR count). The smallest absolute Gasteiger partial charge is 0.462 e. The quantitative estimate of drug-likeness (QED) is 0.0169. The summed E-state index contributed by atoms with van der Waals surface area (Å²) in [4.78, 5) is 73.1. The molecule has 17 nitrogen and oxygen atoms in total. The van der Waals surface area contributed by atoms with Crippen LogP contribution in [0.2, 0.25) is 0 Å². The van der Waals surface area contributed by atoms with Crippen molar-refractivity contribution in [2.45, 2.75) is 341 Å². The van der Waals surface area contributed by atoms with Gasteiger partial charge in [-0.15, -0.1) is 0 Å². The molecule has 0 aromatic heterocycles. The van der Waals surface area contributed by atoms with E-state index in [1.807, 2.05) is 0 Å². The van der Waals surface area contributed by atoms with Crippen molar-refractivity contribution in [3.8, 4) is 0 Å². The minimum Gasteiger partial charge on any atom is -0.462 e. The monoisotopic (exact) mass is 1500 g/mol. The van der Waals surface area contributed by atoms with Gasteiger partial charge in [0.2, 0.25) is 0 Å². The minimum absolute atomic E-state index is 0.0666. The number of allylic oxidation sites excluding steroid dienone is 22. The molecular weight excluding hydrogens is 1350 g/mol.